The molecule has 174 valence electrons. The van der Waals surface area contributed by atoms with Gasteiger partial charge in [0.25, 0.3) is 5.91 Å². The molecule has 3 aliphatic carbocycles. The predicted molar refractivity (Wildman–Crippen MR) is 137 cm³/mol. The molecule has 2 atom stereocenters. The summed E-state index contributed by atoms with van der Waals surface area (Å²) in [6.45, 7) is 0. The van der Waals surface area contributed by atoms with E-state index in [1.165, 1.54) is 4.90 Å². The lowest BCUT2D eigenvalue weighted by molar-refractivity contribution is -0.122. The van der Waals surface area contributed by atoms with Crippen LogP contribution >= 0.6 is 0 Å². The van der Waals surface area contributed by atoms with Crippen LogP contribution in [0.1, 0.15) is 44.4 Å². The van der Waals surface area contributed by atoms with Gasteiger partial charge in [-0.05, 0) is 58.7 Å². The molecule has 0 spiro atoms. The van der Waals surface area contributed by atoms with Crippen molar-refractivity contribution in [1.82, 2.24) is 0 Å². The van der Waals surface area contributed by atoms with Gasteiger partial charge in [-0.2, -0.15) is 0 Å². The van der Waals surface area contributed by atoms with Crippen molar-refractivity contribution in [2.45, 2.75) is 11.8 Å². The van der Waals surface area contributed by atoms with Crippen LogP contribution in [-0.4, -0.2) is 17.7 Å². The van der Waals surface area contributed by atoms with Crippen molar-refractivity contribution in [3.05, 3.63) is 131 Å². The summed E-state index contributed by atoms with van der Waals surface area (Å²) in [7, 11) is 0. The summed E-state index contributed by atoms with van der Waals surface area (Å²) >= 11 is 0. The summed E-state index contributed by atoms with van der Waals surface area (Å²) in [6, 6.07) is 32.4. The Morgan fingerprint density at radius 2 is 1.03 bits per heavy atom. The molecule has 5 heteroatoms. The minimum atomic E-state index is -0.423. The topological polar surface area (TPSA) is 66.5 Å². The second-order valence-electron chi connectivity index (χ2n) is 9.64. The van der Waals surface area contributed by atoms with Gasteiger partial charge in [0.15, 0.2) is 0 Å². The Balaban J connectivity index is 1.23. The maximum atomic E-state index is 13.8. The summed E-state index contributed by atoms with van der Waals surface area (Å²) < 4.78 is 0. The van der Waals surface area contributed by atoms with Crippen LogP contribution in [-0.2, 0) is 9.59 Å². The fourth-order valence-electron chi connectivity index (χ4n) is 6.42. The SMILES string of the molecule is O=C(Nc1ccccc1)c1ccc(N2C(=O)C3C4c5ccccc5C(c5ccccc54)C3C2=O)cc1. The largest absolute Gasteiger partial charge is 0.322 e. The van der Waals surface area contributed by atoms with Crippen molar-refractivity contribution < 1.29 is 14.4 Å². The van der Waals surface area contributed by atoms with Crippen LogP contribution in [0.25, 0.3) is 0 Å². The zero-order valence-electron chi connectivity index (χ0n) is 19.3. The van der Waals surface area contributed by atoms with Crippen molar-refractivity contribution in [1.29, 1.82) is 0 Å². The molecule has 5 nitrogen and oxygen atoms in total. The van der Waals surface area contributed by atoms with Gasteiger partial charge < -0.3 is 5.32 Å². The molecule has 2 unspecified atom stereocenters. The summed E-state index contributed by atoms with van der Waals surface area (Å²) in [5, 5.41) is 2.86. The molecule has 0 saturated carbocycles. The van der Waals surface area contributed by atoms with E-state index in [1.807, 2.05) is 54.6 Å². The Morgan fingerprint density at radius 3 is 1.50 bits per heavy atom. The third-order valence-corrected chi connectivity index (χ3v) is 7.87. The van der Waals surface area contributed by atoms with Crippen LogP contribution in [0, 0.1) is 11.8 Å². The first-order valence-electron chi connectivity index (χ1n) is 12.2. The second kappa shape index (κ2) is 7.75. The summed E-state index contributed by atoms with van der Waals surface area (Å²) in [5.41, 5.74) is 6.27. The van der Waals surface area contributed by atoms with Crippen molar-refractivity contribution >= 4 is 29.1 Å². The average molecular weight is 471 g/mol. The number of para-hydroxylation sites is 1. The number of imide groups is 1. The monoisotopic (exact) mass is 470 g/mol. The van der Waals surface area contributed by atoms with Gasteiger partial charge >= 0.3 is 0 Å². The number of carbonyl (C=O) groups excluding carboxylic acids is 3. The number of hydrogen-bond acceptors (Lipinski definition) is 3. The fourth-order valence-corrected chi connectivity index (χ4v) is 6.42. The third kappa shape index (κ3) is 2.86. The Hall–Kier alpha value is -4.51. The van der Waals surface area contributed by atoms with E-state index in [0.717, 1.165) is 22.3 Å². The van der Waals surface area contributed by atoms with Crippen molar-refractivity contribution in [3.8, 4) is 0 Å². The zero-order chi connectivity index (χ0) is 24.4. The standard InChI is InChI=1S/C31H22N2O3/c34-29(32-19-8-2-1-3-9-19)18-14-16-20(17-15-18)33-30(35)27-25-21-10-4-5-11-22(21)26(28(27)31(33)36)24-13-7-6-12-23(24)25/h1-17,25-28H,(H,32,34). The molecule has 1 aliphatic heterocycles. The first-order valence-corrected chi connectivity index (χ1v) is 12.2. The molecule has 3 amide bonds. The first kappa shape index (κ1) is 20.8. The van der Waals surface area contributed by atoms with E-state index in [1.54, 1.807) is 24.3 Å². The number of benzene rings is 4. The molecule has 1 N–H and O–H groups in total. The number of amides is 3. The summed E-state index contributed by atoms with van der Waals surface area (Å²) in [4.78, 5) is 41.7. The molecule has 1 fully saturated rings. The van der Waals surface area contributed by atoms with Gasteiger partial charge in [-0.25, -0.2) is 4.90 Å². The molecule has 4 aromatic rings. The van der Waals surface area contributed by atoms with Gasteiger partial charge in [0.1, 0.15) is 0 Å². The second-order valence-corrected chi connectivity index (χ2v) is 9.64. The smallest absolute Gasteiger partial charge is 0.255 e. The highest BCUT2D eigenvalue weighted by atomic mass is 16.2. The van der Waals surface area contributed by atoms with Gasteiger partial charge in [0.05, 0.1) is 17.5 Å². The normalized spacial score (nSPS) is 23.2. The van der Waals surface area contributed by atoms with E-state index in [9.17, 15) is 14.4 Å². The molecule has 1 saturated heterocycles. The van der Waals surface area contributed by atoms with E-state index in [-0.39, 0.29) is 29.6 Å². The highest BCUT2D eigenvalue weighted by molar-refractivity contribution is 6.23. The minimum absolute atomic E-state index is 0.134. The van der Waals surface area contributed by atoms with Gasteiger partial charge in [-0.1, -0.05) is 66.7 Å². The summed E-state index contributed by atoms with van der Waals surface area (Å²) in [6.07, 6.45) is 0. The highest BCUT2D eigenvalue weighted by Gasteiger charge is 2.61. The van der Waals surface area contributed by atoms with Gasteiger partial charge in [0, 0.05) is 23.1 Å². The lowest BCUT2D eigenvalue weighted by atomic mass is 9.55. The Morgan fingerprint density at radius 1 is 0.583 bits per heavy atom. The number of nitrogens with zero attached hydrogens (tertiary/aromatic N) is 1. The van der Waals surface area contributed by atoms with Crippen molar-refractivity contribution in [2.75, 3.05) is 10.2 Å². The van der Waals surface area contributed by atoms with Crippen LogP contribution in [0.5, 0.6) is 0 Å². The van der Waals surface area contributed by atoms with Crippen molar-refractivity contribution in [2.24, 2.45) is 11.8 Å². The van der Waals surface area contributed by atoms with E-state index >= 15 is 0 Å². The van der Waals surface area contributed by atoms with Crippen LogP contribution < -0.4 is 10.2 Å². The van der Waals surface area contributed by atoms with Gasteiger partial charge in [-0.15, -0.1) is 0 Å². The maximum absolute atomic E-state index is 13.8. The van der Waals surface area contributed by atoms with Crippen molar-refractivity contribution in [3.63, 3.8) is 0 Å². The Labute approximate surface area is 208 Å². The van der Waals surface area contributed by atoms with Gasteiger partial charge in [0.2, 0.25) is 11.8 Å². The summed E-state index contributed by atoms with van der Waals surface area (Å²) in [5.74, 6) is -1.68. The molecule has 1 heterocycles. The number of carbonyl (C=O) groups is 3. The quantitative estimate of drug-likeness (QED) is 0.411. The molecule has 0 aromatic heterocycles. The predicted octanol–water partition coefficient (Wildman–Crippen LogP) is 5.34. The average Bonchev–Trinajstić information content (AvgIpc) is 3.19. The van der Waals surface area contributed by atoms with E-state index in [2.05, 4.69) is 29.6 Å². The molecule has 0 radical (unpaired) electrons. The number of rotatable bonds is 3. The third-order valence-electron chi connectivity index (χ3n) is 7.87. The first-order chi connectivity index (χ1) is 17.6. The Bertz CT molecular complexity index is 1430. The lowest BCUT2D eigenvalue weighted by Gasteiger charge is -2.45. The minimum Gasteiger partial charge on any atom is -0.322 e. The number of nitrogens with one attached hydrogen (secondary N) is 1. The van der Waals surface area contributed by atoms with E-state index < -0.39 is 11.8 Å². The lowest BCUT2D eigenvalue weighted by Crippen LogP contribution is -2.41. The molecule has 8 rings (SSSR count). The van der Waals surface area contributed by atoms with E-state index in [4.69, 9.17) is 0 Å². The highest BCUT2D eigenvalue weighted by Crippen LogP contribution is 2.61. The van der Waals surface area contributed by atoms with E-state index in [0.29, 0.717) is 16.9 Å². The van der Waals surface area contributed by atoms with Crippen LogP contribution in [0.2, 0.25) is 0 Å². The molecule has 4 aliphatic rings. The Kier molecular flexibility index (Phi) is 4.48. The maximum Gasteiger partial charge on any atom is 0.255 e. The molecule has 2 bridgehead atoms. The van der Waals surface area contributed by atoms with Crippen LogP contribution in [0.4, 0.5) is 11.4 Å². The van der Waals surface area contributed by atoms with Crippen LogP contribution in [0.15, 0.2) is 103 Å². The fraction of sp³-hybridized carbons (Fsp3) is 0.129. The number of hydrogen-bond donors (Lipinski definition) is 1. The zero-order valence-corrected chi connectivity index (χ0v) is 19.3. The molecule has 36 heavy (non-hydrogen) atoms. The molecular weight excluding hydrogens is 448 g/mol. The van der Waals surface area contributed by atoms with Crippen LogP contribution in [0.3, 0.4) is 0 Å². The molecular formula is C31H22N2O3. The number of anilines is 2. The molecule has 4 aromatic carbocycles. The van der Waals surface area contributed by atoms with Gasteiger partial charge in [-0.3, -0.25) is 14.4 Å².